The van der Waals surface area contributed by atoms with Gasteiger partial charge in [-0.25, -0.2) is 4.79 Å². The van der Waals surface area contributed by atoms with E-state index in [9.17, 15) is 34.5 Å². The van der Waals surface area contributed by atoms with Gasteiger partial charge in [-0.05, 0) is 87.8 Å². The number of rotatable bonds is 8. The number of amides is 1. The first-order chi connectivity index (χ1) is 18.9. The minimum absolute atomic E-state index is 0.0817. The van der Waals surface area contributed by atoms with Crippen LogP contribution in [0.5, 0.6) is 5.75 Å². The highest BCUT2D eigenvalue weighted by molar-refractivity contribution is 6.14. The van der Waals surface area contributed by atoms with Gasteiger partial charge in [0, 0.05) is 29.4 Å². The first-order valence-electron chi connectivity index (χ1n) is 14.2. The monoisotopic (exact) mass is 563 g/mol. The number of aliphatic hydroxyl groups is 1. The van der Waals surface area contributed by atoms with E-state index in [0.717, 1.165) is 5.57 Å². The Morgan fingerprint density at radius 2 is 1.73 bits per heavy atom. The van der Waals surface area contributed by atoms with Crippen molar-refractivity contribution in [3.05, 3.63) is 63.8 Å². The van der Waals surface area contributed by atoms with Crippen molar-refractivity contribution in [1.82, 2.24) is 5.32 Å². The average molecular weight is 564 g/mol. The maximum atomic E-state index is 14.6. The SMILES string of the molecule is CC(=C/[C@@H](C)/C=C(\C)C(=O)[C@@]1(C)[C@H]2[C@@H](CC(C)C)C(=O)N[C@@]23C[C@]1(O)c1cc(O)c(C)cc1C3=O)/C=C(\C)C(=O)O. The number of Topliss-reactive ketones (excluding diaryl/α,β-unsaturated/α-hetero) is 2. The molecule has 1 saturated heterocycles. The van der Waals surface area contributed by atoms with Gasteiger partial charge in [0.2, 0.25) is 5.91 Å². The largest absolute Gasteiger partial charge is 0.508 e. The highest BCUT2D eigenvalue weighted by Gasteiger charge is 2.80. The zero-order valence-corrected chi connectivity index (χ0v) is 25.1. The number of ketones is 2. The van der Waals surface area contributed by atoms with Crippen LogP contribution >= 0.6 is 0 Å². The van der Waals surface area contributed by atoms with Crippen molar-refractivity contribution in [2.24, 2.45) is 29.1 Å². The maximum absolute atomic E-state index is 14.6. The predicted octanol–water partition coefficient (Wildman–Crippen LogP) is 4.77. The van der Waals surface area contributed by atoms with E-state index in [4.69, 9.17) is 0 Å². The van der Waals surface area contributed by atoms with Crippen molar-refractivity contribution < 1.29 is 34.5 Å². The van der Waals surface area contributed by atoms with E-state index in [1.54, 1.807) is 45.9 Å². The molecule has 1 heterocycles. The van der Waals surface area contributed by atoms with Crippen LogP contribution in [0.4, 0.5) is 0 Å². The lowest BCUT2D eigenvalue weighted by Crippen LogP contribution is -2.54. The summed E-state index contributed by atoms with van der Waals surface area (Å²) in [5.74, 6) is -3.70. The van der Waals surface area contributed by atoms with Crippen LogP contribution in [-0.2, 0) is 20.0 Å². The number of aryl methyl sites for hydroxylation is 1. The Balaban J connectivity index is 1.89. The first kappa shape index (κ1) is 30.4. The van der Waals surface area contributed by atoms with Crippen LogP contribution in [0.1, 0.15) is 82.8 Å². The molecule has 41 heavy (non-hydrogen) atoms. The molecule has 2 fully saturated rings. The summed E-state index contributed by atoms with van der Waals surface area (Å²) in [6, 6.07) is 2.94. The van der Waals surface area contributed by atoms with Gasteiger partial charge in [-0.2, -0.15) is 0 Å². The first-order valence-corrected chi connectivity index (χ1v) is 14.2. The van der Waals surface area contributed by atoms with Gasteiger partial charge in [-0.15, -0.1) is 0 Å². The van der Waals surface area contributed by atoms with Gasteiger partial charge < -0.3 is 20.6 Å². The van der Waals surface area contributed by atoms with Crippen LogP contribution in [0.2, 0.25) is 0 Å². The minimum atomic E-state index is -1.82. The van der Waals surface area contributed by atoms with E-state index in [1.807, 2.05) is 26.8 Å². The highest BCUT2D eigenvalue weighted by Crippen LogP contribution is 2.69. The normalized spacial score (nSPS) is 32.1. The summed E-state index contributed by atoms with van der Waals surface area (Å²) in [6.45, 7) is 14.1. The lowest BCUT2D eigenvalue weighted by atomic mass is 9.60. The van der Waals surface area contributed by atoms with Crippen molar-refractivity contribution in [2.75, 3.05) is 0 Å². The Hall–Kier alpha value is -3.52. The summed E-state index contributed by atoms with van der Waals surface area (Å²) in [7, 11) is 0. The number of benzene rings is 1. The molecule has 1 saturated carbocycles. The Kier molecular flexibility index (Phi) is 7.49. The highest BCUT2D eigenvalue weighted by atomic mass is 16.4. The number of phenols is 1. The number of carbonyl (C=O) groups excluding carboxylic acids is 3. The molecule has 1 aromatic carbocycles. The van der Waals surface area contributed by atoms with Gasteiger partial charge in [-0.3, -0.25) is 14.4 Å². The van der Waals surface area contributed by atoms with Gasteiger partial charge in [-0.1, -0.05) is 38.5 Å². The van der Waals surface area contributed by atoms with Crippen LogP contribution in [0.25, 0.3) is 0 Å². The lowest BCUT2D eigenvalue weighted by molar-refractivity contribution is -0.148. The summed E-state index contributed by atoms with van der Waals surface area (Å²) >= 11 is 0. The van der Waals surface area contributed by atoms with Crippen LogP contribution in [0, 0.1) is 36.0 Å². The third-order valence-corrected chi connectivity index (χ3v) is 9.44. The molecule has 1 aliphatic heterocycles. The second-order valence-corrected chi connectivity index (χ2v) is 13.0. The molecule has 220 valence electrons. The third-order valence-electron chi connectivity index (χ3n) is 9.44. The topological polar surface area (TPSA) is 141 Å². The molecule has 2 bridgehead atoms. The summed E-state index contributed by atoms with van der Waals surface area (Å²) in [5, 5.41) is 35.3. The fraction of sp³-hybridized carbons (Fsp3) is 0.515. The third kappa shape index (κ3) is 4.47. The molecule has 1 amide bonds. The zero-order chi connectivity index (χ0) is 30.8. The molecule has 0 aromatic heterocycles. The molecule has 0 unspecified atom stereocenters. The molecule has 3 aliphatic rings. The smallest absolute Gasteiger partial charge is 0.331 e. The summed E-state index contributed by atoms with van der Waals surface area (Å²) in [4.78, 5) is 53.4. The number of carbonyl (C=O) groups is 4. The van der Waals surface area contributed by atoms with Crippen LogP contribution < -0.4 is 5.32 Å². The van der Waals surface area contributed by atoms with Gasteiger partial charge in [0.1, 0.15) is 16.9 Å². The second-order valence-electron chi connectivity index (χ2n) is 13.0. The Bertz CT molecular complexity index is 1450. The number of carboxylic acids is 1. The van der Waals surface area contributed by atoms with E-state index < -0.39 is 34.4 Å². The number of phenolic OH excluding ortho intramolecular Hbond substituents is 1. The standard InChI is InChI=1S/C33H41NO7/c1-16(2)9-23-26-31(8,27(36)20(6)11-17(3)10-18(4)12-21(7)30(39)40)33(41)15-32(26,34-29(23)38)28(37)22-13-19(5)25(35)14-24(22)33/h10-14,16-17,23,26,35,41H,9,15H2,1-8H3,(H,34,38)(H,39,40)/b18-10-,20-11+,21-12+/t17-,23-,26-,31-,32+,33+/m1/s1. The van der Waals surface area contributed by atoms with Crippen molar-refractivity contribution in [1.29, 1.82) is 0 Å². The van der Waals surface area contributed by atoms with E-state index in [2.05, 4.69) is 5.32 Å². The molecule has 8 heteroatoms. The molecular weight excluding hydrogens is 522 g/mol. The summed E-state index contributed by atoms with van der Waals surface area (Å²) in [5.41, 5.74) is -2.64. The van der Waals surface area contributed by atoms with Gasteiger partial charge in [0.25, 0.3) is 0 Å². The molecule has 2 aliphatic carbocycles. The molecule has 8 nitrogen and oxygen atoms in total. The molecule has 4 N–H and O–H groups in total. The quantitative estimate of drug-likeness (QED) is 0.264. The van der Waals surface area contributed by atoms with Crippen molar-refractivity contribution >= 4 is 23.4 Å². The van der Waals surface area contributed by atoms with Crippen molar-refractivity contribution in [3.8, 4) is 5.75 Å². The van der Waals surface area contributed by atoms with Gasteiger partial charge in [0.05, 0.1) is 5.41 Å². The number of aliphatic carboxylic acids is 1. The number of aromatic hydroxyl groups is 1. The number of hydrogen-bond acceptors (Lipinski definition) is 6. The second kappa shape index (κ2) is 10.1. The Morgan fingerprint density at radius 1 is 1.10 bits per heavy atom. The predicted molar refractivity (Wildman–Crippen MR) is 154 cm³/mol. The van der Waals surface area contributed by atoms with Crippen LogP contribution in [0.15, 0.2) is 47.1 Å². The number of fused-ring (bicyclic) bond motifs is 3. The van der Waals surface area contributed by atoms with Crippen LogP contribution in [0.3, 0.4) is 0 Å². The molecule has 0 radical (unpaired) electrons. The van der Waals surface area contributed by atoms with Crippen molar-refractivity contribution in [3.63, 3.8) is 0 Å². The number of carboxylic acid groups (broad SMARTS) is 1. The fourth-order valence-electron chi connectivity index (χ4n) is 7.77. The number of allylic oxidation sites excluding steroid dienone is 5. The van der Waals surface area contributed by atoms with Crippen LogP contribution in [-0.4, -0.2) is 44.3 Å². The van der Waals surface area contributed by atoms with Crippen molar-refractivity contribution in [2.45, 2.75) is 79.4 Å². The molecule has 1 spiro atoms. The van der Waals surface area contributed by atoms with E-state index >= 15 is 0 Å². The summed E-state index contributed by atoms with van der Waals surface area (Å²) < 4.78 is 0. The average Bonchev–Trinajstić information content (AvgIpc) is 3.23. The minimum Gasteiger partial charge on any atom is -0.508 e. The van der Waals surface area contributed by atoms with E-state index in [1.165, 1.54) is 13.0 Å². The number of hydrogen-bond donors (Lipinski definition) is 4. The Labute approximate surface area is 241 Å². The molecular formula is C33H41NO7. The zero-order valence-electron chi connectivity index (χ0n) is 25.1. The Morgan fingerprint density at radius 3 is 2.32 bits per heavy atom. The fourth-order valence-corrected chi connectivity index (χ4v) is 7.77. The molecule has 1 aromatic rings. The van der Waals surface area contributed by atoms with Gasteiger partial charge in [0.15, 0.2) is 11.6 Å². The van der Waals surface area contributed by atoms with Gasteiger partial charge >= 0.3 is 5.97 Å². The molecule has 6 atom stereocenters. The summed E-state index contributed by atoms with van der Waals surface area (Å²) in [6.07, 6.45) is 5.46. The molecule has 4 rings (SSSR count). The number of nitrogens with one attached hydrogen (secondary N) is 1. The van der Waals surface area contributed by atoms with E-state index in [-0.39, 0.29) is 58.2 Å². The van der Waals surface area contributed by atoms with E-state index in [0.29, 0.717) is 17.6 Å². The lowest BCUT2D eigenvalue weighted by Gasteiger charge is -2.43. The maximum Gasteiger partial charge on any atom is 0.331 e.